The van der Waals surface area contributed by atoms with Gasteiger partial charge in [0.2, 0.25) is 5.82 Å². The number of ketones is 1. The smallest absolute Gasteiger partial charge is 0.320 e. The van der Waals surface area contributed by atoms with Crippen molar-refractivity contribution in [3.63, 3.8) is 0 Å². The Bertz CT molecular complexity index is 1350. The molecule has 0 saturated carbocycles. The molecule has 0 aliphatic carbocycles. The van der Waals surface area contributed by atoms with Crippen molar-refractivity contribution in [1.29, 1.82) is 0 Å². The number of carbonyl (C=O) groups is 2. The monoisotopic (exact) mass is 492 g/mol. The summed E-state index contributed by atoms with van der Waals surface area (Å²) in [6, 6.07) is 11.5. The van der Waals surface area contributed by atoms with Gasteiger partial charge in [0.25, 0.3) is 5.91 Å². The molecule has 0 aliphatic rings. The SMILES string of the molecule is O=C(Cn1c(C(F)(F)F)nc2c(NC(=O)c3c(Cl)cccc3Cl)cccc21)c1ccncc1. The molecule has 0 saturated heterocycles. The number of hydrogen-bond acceptors (Lipinski definition) is 4. The van der Waals surface area contributed by atoms with Crippen LogP contribution in [-0.4, -0.2) is 26.2 Å². The zero-order valence-electron chi connectivity index (χ0n) is 16.5. The highest BCUT2D eigenvalue weighted by Crippen LogP contribution is 2.34. The lowest BCUT2D eigenvalue weighted by atomic mass is 10.1. The van der Waals surface area contributed by atoms with E-state index < -0.39 is 30.2 Å². The van der Waals surface area contributed by atoms with Gasteiger partial charge in [-0.25, -0.2) is 4.98 Å². The van der Waals surface area contributed by atoms with E-state index in [-0.39, 0.29) is 37.9 Å². The number of imidazole rings is 1. The number of anilines is 1. The lowest BCUT2D eigenvalue weighted by Crippen LogP contribution is -2.19. The van der Waals surface area contributed by atoms with Crippen LogP contribution in [0.1, 0.15) is 26.5 Å². The second-order valence-electron chi connectivity index (χ2n) is 6.90. The summed E-state index contributed by atoms with van der Waals surface area (Å²) in [5, 5.41) is 2.68. The van der Waals surface area contributed by atoms with Gasteiger partial charge in [-0.1, -0.05) is 35.3 Å². The first-order valence-electron chi connectivity index (χ1n) is 9.42. The van der Waals surface area contributed by atoms with Crippen LogP contribution in [0.2, 0.25) is 10.0 Å². The van der Waals surface area contributed by atoms with Crippen LogP contribution < -0.4 is 5.32 Å². The van der Waals surface area contributed by atoms with Crippen molar-refractivity contribution in [2.45, 2.75) is 12.7 Å². The van der Waals surface area contributed by atoms with Crippen LogP contribution in [0, 0.1) is 0 Å². The first-order chi connectivity index (χ1) is 15.7. The summed E-state index contributed by atoms with van der Waals surface area (Å²) in [5.74, 6) is -2.54. The summed E-state index contributed by atoms with van der Waals surface area (Å²) >= 11 is 12.1. The van der Waals surface area contributed by atoms with E-state index in [1.807, 2.05) is 0 Å². The summed E-state index contributed by atoms with van der Waals surface area (Å²) in [5.41, 5.74) is 0.0738. The van der Waals surface area contributed by atoms with Crippen LogP contribution in [0.25, 0.3) is 11.0 Å². The van der Waals surface area contributed by atoms with E-state index in [0.29, 0.717) is 0 Å². The fourth-order valence-corrected chi connectivity index (χ4v) is 3.87. The fourth-order valence-electron chi connectivity index (χ4n) is 3.30. The molecule has 6 nitrogen and oxygen atoms in total. The van der Waals surface area contributed by atoms with E-state index in [2.05, 4.69) is 15.3 Å². The number of Topliss-reactive ketones (excluding diaryl/α,β-unsaturated/α-hetero) is 1. The van der Waals surface area contributed by atoms with Crippen LogP contribution in [0.4, 0.5) is 18.9 Å². The number of halogens is 5. The number of hydrogen-bond donors (Lipinski definition) is 1. The highest BCUT2D eigenvalue weighted by atomic mass is 35.5. The molecule has 4 aromatic rings. The minimum atomic E-state index is -4.84. The molecule has 0 bridgehead atoms. The first kappa shape index (κ1) is 22.8. The number of rotatable bonds is 5. The summed E-state index contributed by atoms with van der Waals surface area (Å²) in [4.78, 5) is 32.9. The molecule has 2 heterocycles. The standard InChI is InChI=1S/C22H13Cl2F3N4O2/c23-13-3-1-4-14(24)18(13)20(33)29-15-5-2-6-16-19(15)30-21(22(25,26)27)31(16)11-17(32)12-7-9-28-10-8-12/h1-10H,11H2,(H,29,33). The maximum atomic E-state index is 13.8. The molecular weight excluding hydrogens is 480 g/mol. The average molecular weight is 493 g/mol. The van der Waals surface area contributed by atoms with E-state index in [1.165, 1.54) is 54.9 Å². The number of aromatic nitrogens is 3. The van der Waals surface area contributed by atoms with Gasteiger partial charge in [-0.15, -0.1) is 0 Å². The maximum absolute atomic E-state index is 13.8. The quantitative estimate of drug-likeness (QED) is 0.352. The van der Waals surface area contributed by atoms with E-state index in [4.69, 9.17) is 23.2 Å². The van der Waals surface area contributed by atoms with Crippen molar-refractivity contribution >= 4 is 51.6 Å². The van der Waals surface area contributed by atoms with Crippen LogP contribution >= 0.6 is 23.2 Å². The van der Waals surface area contributed by atoms with Crippen molar-refractivity contribution in [2.24, 2.45) is 0 Å². The molecule has 168 valence electrons. The molecule has 1 amide bonds. The van der Waals surface area contributed by atoms with Crippen LogP contribution in [0.5, 0.6) is 0 Å². The van der Waals surface area contributed by atoms with Crippen LogP contribution in [-0.2, 0) is 12.7 Å². The minimum Gasteiger partial charge on any atom is -0.320 e. The number of pyridine rings is 1. The van der Waals surface area contributed by atoms with Gasteiger partial charge in [-0.05, 0) is 36.4 Å². The van der Waals surface area contributed by atoms with E-state index in [0.717, 1.165) is 4.57 Å². The summed E-state index contributed by atoms with van der Waals surface area (Å²) in [7, 11) is 0. The van der Waals surface area contributed by atoms with Crippen molar-refractivity contribution in [3.05, 3.63) is 87.9 Å². The molecular formula is C22H13Cl2F3N4O2. The Hall–Kier alpha value is -3.43. The Morgan fingerprint density at radius 1 is 0.970 bits per heavy atom. The van der Waals surface area contributed by atoms with E-state index in [9.17, 15) is 22.8 Å². The predicted octanol–water partition coefficient (Wildman–Crippen LogP) is 5.89. The van der Waals surface area contributed by atoms with Crippen molar-refractivity contribution in [3.8, 4) is 0 Å². The van der Waals surface area contributed by atoms with E-state index >= 15 is 0 Å². The molecule has 2 aromatic heterocycles. The average Bonchev–Trinajstić information content (AvgIpc) is 3.14. The Morgan fingerprint density at radius 3 is 2.24 bits per heavy atom. The molecule has 0 spiro atoms. The van der Waals surface area contributed by atoms with Gasteiger partial charge < -0.3 is 9.88 Å². The second kappa shape index (κ2) is 8.84. The largest absolute Gasteiger partial charge is 0.449 e. The predicted molar refractivity (Wildman–Crippen MR) is 118 cm³/mol. The lowest BCUT2D eigenvalue weighted by molar-refractivity contribution is -0.146. The highest BCUT2D eigenvalue weighted by molar-refractivity contribution is 6.40. The number of carbonyl (C=O) groups excluding carboxylic acids is 2. The van der Waals surface area contributed by atoms with Gasteiger partial charge in [0.15, 0.2) is 5.78 Å². The molecule has 0 radical (unpaired) electrons. The molecule has 0 fully saturated rings. The van der Waals surface area contributed by atoms with Crippen molar-refractivity contribution < 1.29 is 22.8 Å². The summed E-state index contributed by atoms with van der Waals surface area (Å²) in [6.07, 6.45) is -2.10. The maximum Gasteiger partial charge on any atom is 0.449 e. The van der Waals surface area contributed by atoms with Gasteiger partial charge in [0, 0.05) is 18.0 Å². The molecule has 0 aliphatic heterocycles. The zero-order chi connectivity index (χ0) is 23.8. The summed E-state index contributed by atoms with van der Waals surface area (Å²) in [6.45, 7) is -0.608. The van der Waals surface area contributed by atoms with E-state index in [1.54, 1.807) is 6.07 Å². The zero-order valence-corrected chi connectivity index (χ0v) is 18.0. The topological polar surface area (TPSA) is 76.9 Å². The third-order valence-electron chi connectivity index (χ3n) is 4.77. The number of nitrogens with zero attached hydrogens (tertiary/aromatic N) is 3. The molecule has 0 atom stereocenters. The number of nitrogens with one attached hydrogen (secondary N) is 1. The minimum absolute atomic E-state index is 0.00842. The molecule has 2 aromatic carbocycles. The Balaban J connectivity index is 1.78. The van der Waals surface area contributed by atoms with Gasteiger partial charge >= 0.3 is 6.18 Å². The number of alkyl halides is 3. The van der Waals surface area contributed by atoms with Crippen LogP contribution in [0.15, 0.2) is 60.9 Å². The Labute approximate surface area is 195 Å². The fraction of sp³-hybridized carbons (Fsp3) is 0.0909. The number of amides is 1. The van der Waals surface area contributed by atoms with Gasteiger partial charge in [-0.2, -0.15) is 13.2 Å². The molecule has 11 heteroatoms. The van der Waals surface area contributed by atoms with Crippen molar-refractivity contribution in [1.82, 2.24) is 14.5 Å². The molecule has 4 rings (SSSR count). The molecule has 33 heavy (non-hydrogen) atoms. The third-order valence-corrected chi connectivity index (χ3v) is 5.40. The van der Waals surface area contributed by atoms with Crippen LogP contribution in [0.3, 0.4) is 0 Å². The number of benzene rings is 2. The van der Waals surface area contributed by atoms with Gasteiger partial charge in [0.05, 0.1) is 33.4 Å². The first-order valence-corrected chi connectivity index (χ1v) is 10.2. The molecule has 1 N–H and O–H groups in total. The lowest BCUT2D eigenvalue weighted by Gasteiger charge is -2.11. The second-order valence-corrected chi connectivity index (χ2v) is 7.72. The molecule has 0 unspecified atom stereocenters. The number of para-hydroxylation sites is 1. The normalized spacial score (nSPS) is 11.5. The van der Waals surface area contributed by atoms with Gasteiger partial charge in [0.1, 0.15) is 5.52 Å². The Morgan fingerprint density at radius 2 is 1.61 bits per heavy atom. The third kappa shape index (κ3) is 4.55. The Kier molecular flexibility index (Phi) is 6.09. The number of fused-ring (bicyclic) bond motifs is 1. The van der Waals surface area contributed by atoms with Crippen molar-refractivity contribution in [2.75, 3.05) is 5.32 Å². The highest BCUT2D eigenvalue weighted by Gasteiger charge is 2.38. The summed E-state index contributed by atoms with van der Waals surface area (Å²) < 4.78 is 42.1. The van der Waals surface area contributed by atoms with Gasteiger partial charge in [-0.3, -0.25) is 14.6 Å².